The number of benzene rings is 1. The maximum atomic E-state index is 14.1. The fourth-order valence-corrected chi connectivity index (χ4v) is 5.42. The number of nitrogens with zero attached hydrogens (tertiary/aromatic N) is 2. The number of aryl methyl sites for hydroxylation is 1. The second-order valence-electron chi connectivity index (χ2n) is 9.10. The first kappa shape index (κ1) is 22.7. The number of aliphatic hydroxyl groups is 1. The number of fused-ring (bicyclic) bond motifs is 1. The molecule has 1 aromatic heterocycles. The molecule has 2 aromatic rings. The number of carbonyl (C=O) groups is 2. The summed E-state index contributed by atoms with van der Waals surface area (Å²) < 4.78 is 14.1. The summed E-state index contributed by atoms with van der Waals surface area (Å²) in [5.41, 5.74) is 1.96. The van der Waals surface area contributed by atoms with Crippen LogP contribution in [-0.2, 0) is 4.79 Å². The van der Waals surface area contributed by atoms with Gasteiger partial charge >= 0.3 is 0 Å². The van der Waals surface area contributed by atoms with Crippen molar-refractivity contribution in [2.45, 2.75) is 64.1 Å². The van der Waals surface area contributed by atoms with E-state index in [4.69, 9.17) is 0 Å². The Hall–Kier alpha value is -2.45. The van der Waals surface area contributed by atoms with Gasteiger partial charge in [0.05, 0.1) is 5.52 Å². The number of aromatic nitrogens is 1. The van der Waals surface area contributed by atoms with Gasteiger partial charge in [0.1, 0.15) is 18.1 Å². The molecule has 1 aromatic carbocycles. The zero-order valence-electron chi connectivity index (χ0n) is 18.9. The van der Waals surface area contributed by atoms with E-state index in [0.29, 0.717) is 29.2 Å². The van der Waals surface area contributed by atoms with E-state index >= 15 is 0 Å². The van der Waals surface area contributed by atoms with Crippen molar-refractivity contribution >= 4 is 22.7 Å². The fraction of sp³-hybridized carbons (Fsp3) is 0.583. The van der Waals surface area contributed by atoms with Gasteiger partial charge in [0.15, 0.2) is 0 Å². The molecule has 2 aliphatic rings. The minimum atomic E-state index is -0.445. The lowest BCUT2D eigenvalue weighted by molar-refractivity contribution is -0.136. The standard InChI is InChI=1S/C24H33FN4O3/c1-3-29(22(31)14-30)18-9-10-28(13-18)17-6-4-5-16(11-17)26-24(32)21-12-19-20(25)8-7-15(2)23(19)27-21/h7-8,12,16-18,27,30H,3-6,9-11,13-14H2,1-2H3,(H,26,32)/t16-,17+,18?/m1/s1. The molecule has 1 aliphatic heterocycles. The second-order valence-corrected chi connectivity index (χ2v) is 9.10. The van der Waals surface area contributed by atoms with Crippen LogP contribution < -0.4 is 5.32 Å². The van der Waals surface area contributed by atoms with Crippen LogP contribution in [0.25, 0.3) is 10.9 Å². The van der Waals surface area contributed by atoms with Crippen LogP contribution in [0.1, 0.15) is 55.1 Å². The molecular formula is C24H33FN4O3. The zero-order valence-corrected chi connectivity index (χ0v) is 18.9. The van der Waals surface area contributed by atoms with E-state index in [2.05, 4.69) is 15.2 Å². The molecule has 1 saturated heterocycles. The Morgan fingerprint density at radius 3 is 2.84 bits per heavy atom. The molecule has 174 valence electrons. The summed E-state index contributed by atoms with van der Waals surface area (Å²) in [6, 6.07) is 5.30. The molecule has 0 bridgehead atoms. The summed E-state index contributed by atoms with van der Waals surface area (Å²) in [7, 11) is 0. The smallest absolute Gasteiger partial charge is 0.267 e. The summed E-state index contributed by atoms with van der Waals surface area (Å²) >= 11 is 0. The molecule has 3 atom stereocenters. The van der Waals surface area contributed by atoms with Crippen LogP contribution in [0.3, 0.4) is 0 Å². The number of likely N-dealkylation sites (tertiary alicyclic amines) is 1. The van der Waals surface area contributed by atoms with Gasteiger partial charge in [0.2, 0.25) is 5.91 Å². The molecule has 8 heteroatoms. The Morgan fingerprint density at radius 2 is 2.12 bits per heavy atom. The Kier molecular flexibility index (Phi) is 6.81. The normalized spacial score (nSPS) is 24.1. The summed E-state index contributed by atoms with van der Waals surface area (Å²) in [6.45, 7) is 5.73. The summed E-state index contributed by atoms with van der Waals surface area (Å²) in [4.78, 5) is 32.2. The Balaban J connectivity index is 1.37. The summed E-state index contributed by atoms with van der Waals surface area (Å²) in [5, 5.41) is 12.8. The van der Waals surface area contributed by atoms with Gasteiger partial charge in [0, 0.05) is 43.1 Å². The van der Waals surface area contributed by atoms with E-state index in [9.17, 15) is 19.1 Å². The van der Waals surface area contributed by atoms with Crippen LogP contribution >= 0.6 is 0 Å². The number of amides is 2. The number of hydrogen-bond acceptors (Lipinski definition) is 4. The first-order valence-corrected chi connectivity index (χ1v) is 11.6. The van der Waals surface area contributed by atoms with Crippen LogP contribution in [0.4, 0.5) is 4.39 Å². The first-order chi connectivity index (χ1) is 15.4. The second kappa shape index (κ2) is 9.58. The molecular weight excluding hydrogens is 411 g/mol. The number of halogens is 1. The highest BCUT2D eigenvalue weighted by atomic mass is 19.1. The van der Waals surface area contributed by atoms with Gasteiger partial charge in [-0.25, -0.2) is 4.39 Å². The van der Waals surface area contributed by atoms with Crippen LogP contribution in [0.15, 0.2) is 18.2 Å². The highest BCUT2D eigenvalue weighted by molar-refractivity contribution is 5.99. The number of hydrogen-bond donors (Lipinski definition) is 3. The molecule has 2 heterocycles. The lowest BCUT2D eigenvalue weighted by atomic mass is 9.90. The monoisotopic (exact) mass is 444 g/mol. The molecule has 32 heavy (non-hydrogen) atoms. The number of H-pyrrole nitrogens is 1. The van der Waals surface area contributed by atoms with Crippen molar-refractivity contribution in [3.8, 4) is 0 Å². The molecule has 1 unspecified atom stereocenters. The molecule has 2 fully saturated rings. The third-order valence-electron chi connectivity index (χ3n) is 7.12. The molecule has 1 aliphatic carbocycles. The highest BCUT2D eigenvalue weighted by Gasteiger charge is 2.35. The number of likely N-dealkylation sites (N-methyl/N-ethyl adjacent to an activating group) is 1. The minimum Gasteiger partial charge on any atom is -0.387 e. The largest absolute Gasteiger partial charge is 0.387 e. The summed E-state index contributed by atoms with van der Waals surface area (Å²) in [6.07, 6.45) is 4.82. The van der Waals surface area contributed by atoms with Gasteiger partial charge in [-0.3, -0.25) is 14.5 Å². The van der Waals surface area contributed by atoms with Crippen molar-refractivity contribution in [3.63, 3.8) is 0 Å². The van der Waals surface area contributed by atoms with E-state index < -0.39 is 6.61 Å². The third kappa shape index (κ3) is 4.52. The predicted molar refractivity (Wildman–Crippen MR) is 121 cm³/mol. The van der Waals surface area contributed by atoms with Gasteiger partial charge in [-0.1, -0.05) is 6.07 Å². The van der Waals surface area contributed by atoms with Crippen molar-refractivity contribution in [3.05, 3.63) is 35.3 Å². The van der Waals surface area contributed by atoms with Crippen molar-refractivity contribution in [1.82, 2.24) is 20.1 Å². The van der Waals surface area contributed by atoms with Crippen LogP contribution in [0, 0.1) is 12.7 Å². The Morgan fingerprint density at radius 1 is 1.31 bits per heavy atom. The third-order valence-corrected chi connectivity index (χ3v) is 7.12. The topological polar surface area (TPSA) is 88.7 Å². The van der Waals surface area contributed by atoms with Crippen molar-refractivity contribution in [2.75, 3.05) is 26.2 Å². The highest BCUT2D eigenvalue weighted by Crippen LogP contribution is 2.28. The lowest BCUT2D eigenvalue weighted by Gasteiger charge is -2.36. The zero-order chi connectivity index (χ0) is 22.8. The van der Waals surface area contributed by atoms with Crippen molar-refractivity contribution < 1.29 is 19.1 Å². The van der Waals surface area contributed by atoms with E-state index in [0.717, 1.165) is 50.8 Å². The van der Waals surface area contributed by atoms with Gasteiger partial charge in [-0.15, -0.1) is 0 Å². The number of carbonyl (C=O) groups excluding carboxylic acids is 2. The molecule has 0 spiro atoms. The predicted octanol–water partition coefficient (Wildman–Crippen LogP) is 2.57. The quantitative estimate of drug-likeness (QED) is 0.639. The molecule has 0 radical (unpaired) electrons. The van der Waals surface area contributed by atoms with Gasteiger partial charge < -0.3 is 20.3 Å². The number of aromatic amines is 1. The molecule has 2 amide bonds. The van der Waals surface area contributed by atoms with Gasteiger partial charge in [-0.05, 0) is 63.6 Å². The van der Waals surface area contributed by atoms with E-state index in [-0.39, 0.29) is 29.7 Å². The van der Waals surface area contributed by atoms with Gasteiger partial charge in [-0.2, -0.15) is 0 Å². The van der Waals surface area contributed by atoms with Crippen LogP contribution in [-0.4, -0.2) is 76.1 Å². The van der Waals surface area contributed by atoms with Crippen molar-refractivity contribution in [1.29, 1.82) is 0 Å². The van der Waals surface area contributed by atoms with Crippen LogP contribution in [0.5, 0.6) is 0 Å². The lowest BCUT2D eigenvalue weighted by Crippen LogP contribution is -2.47. The SMILES string of the molecule is CCN(C(=O)CO)C1CCN([C@H]2CCC[C@@H](NC(=O)c3cc4c(F)ccc(C)c4[nH]3)C2)C1. The Labute approximate surface area is 188 Å². The maximum absolute atomic E-state index is 14.1. The number of rotatable bonds is 6. The van der Waals surface area contributed by atoms with Gasteiger partial charge in [0.25, 0.3) is 5.91 Å². The fourth-order valence-electron chi connectivity index (χ4n) is 5.42. The van der Waals surface area contributed by atoms with E-state index in [1.165, 1.54) is 6.07 Å². The van der Waals surface area contributed by atoms with Crippen LogP contribution in [0.2, 0.25) is 0 Å². The average Bonchev–Trinajstić information content (AvgIpc) is 3.46. The summed E-state index contributed by atoms with van der Waals surface area (Å²) in [5.74, 6) is -0.739. The van der Waals surface area contributed by atoms with Crippen molar-refractivity contribution in [2.24, 2.45) is 0 Å². The number of aliphatic hydroxyl groups excluding tert-OH is 1. The minimum absolute atomic E-state index is 0.0685. The molecule has 1 saturated carbocycles. The average molecular weight is 445 g/mol. The molecule has 4 rings (SSSR count). The van der Waals surface area contributed by atoms with E-state index in [1.54, 1.807) is 17.0 Å². The molecule has 7 nitrogen and oxygen atoms in total. The molecule has 3 N–H and O–H groups in total. The maximum Gasteiger partial charge on any atom is 0.267 e. The Bertz CT molecular complexity index is 952. The van der Waals surface area contributed by atoms with E-state index in [1.807, 2.05) is 13.8 Å². The first-order valence-electron chi connectivity index (χ1n) is 11.6. The number of nitrogens with one attached hydrogen (secondary N) is 2.